The monoisotopic (exact) mass is 230 g/mol. The van der Waals surface area contributed by atoms with Gasteiger partial charge in [-0.05, 0) is 41.5 Å². The van der Waals surface area contributed by atoms with Crippen LogP contribution in [0.4, 0.5) is 0 Å². The molecule has 0 bridgehead atoms. The Bertz CT molecular complexity index is 226. The zero-order valence-corrected chi connectivity index (χ0v) is 11.3. The number of carbonyl (C=O) groups is 1. The lowest BCUT2D eigenvalue weighted by molar-refractivity contribution is -0.122. The zero-order valence-electron chi connectivity index (χ0n) is 11.3. The van der Waals surface area contributed by atoms with Crippen LogP contribution in [0.5, 0.6) is 0 Å². The Morgan fingerprint density at radius 2 is 1.75 bits per heavy atom. The molecule has 96 valence electrons. The van der Waals surface area contributed by atoms with Crippen LogP contribution in [-0.4, -0.2) is 34.7 Å². The summed E-state index contributed by atoms with van der Waals surface area (Å²) in [6.45, 7) is 11.8. The largest absolute Gasteiger partial charge is 0.389 e. The highest BCUT2D eigenvalue weighted by Gasteiger charge is 2.21. The van der Waals surface area contributed by atoms with E-state index in [1.807, 2.05) is 27.7 Å². The lowest BCUT2D eigenvalue weighted by Crippen LogP contribution is -2.46. The molecule has 0 aliphatic heterocycles. The first-order valence-electron chi connectivity index (χ1n) is 5.79. The quantitative estimate of drug-likeness (QED) is 0.661. The smallest absolute Gasteiger partial charge is 0.221 e. The van der Waals surface area contributed by atoms with Crippen molar-refractivity contribution in [2.75, 3.05) is 6.54 Å². The summed E-state index contributed by atoms with van der Waals surface area (Å²) in [6, 6.07) is -0.0325. The van der Waals surface area contributed by atoms with Gasteiger partial charge in [0.05, 0.1) is 5.60 Å². The van der Waals surface area contributed by atoms with Crippen molar-refractivity contribution in [1.82, 2.24) is 10.6 Å². The summed E-state index contributed by atoms with van der Waals surface area (Å²) in [5.41, 5.74) is -0.945. The minimum Gasteiger partial charge on any atom is -0.389 e. The molecule has 0 saturated heterocycles. The molecule has 0 saturated carbocycles. The summed E-state index contributed by atoms with van der Waals surface area (Å²) >= 11 is 0. The van der Waals surface area contributed by atoms with Crippen LogP contribution in [0.3, 0.4) is 0 Å². The first-order chi connectivity index (χ1) is 7.02. The predicted molar refractivity (Wildman–Crippen MR) is 66.3 cm³/mol. The maximum absolute atomic E-state index is 11.5. The van der Waals surface area contributed by atoms with Crippen molar-refractivity contribution in [3.63, 3.8) is 0 Å². The summed E-state index contributed by atoms with van der Waals surface area (Å²) in [4.78, 5) is 11.5. The van der Waals surface area contributed by atoms with Gasteiger partial charge in [-0.2, -0.15) is 0 Å². The Morgan fingerprint density at radius 1 is 1.25 bits per heavy atom. The number of carbonyl (C=O) groups excluding carboxylic acids is 1. The van der Waals surface area contributed by atoms with Crippen molar-refractivity contribution in [2.24, 2.45) is 0 Å². The standard InChI is InChI=1S/C12H26N2O2/c1-9(12(5,6)16)13-8-7-10(15)14-11(2,3)4/h9,13,16H,7-8H2,1-6H3,(H,14,15). The third-order valence-electron chi connectivity index (χ3n) is 2.38. The molecule has 0 spiro atoms. The number of hydrogen-bond donors (Lipinski definition) is 3. The van der Waals surface area contributed by atoms with Crippen LogP contribution in [0, 0.1) is 0 Å². The van der Waals surface area contributed by atoms with Crippen LogP contribution in [0.25, 0.3) is 0 Å². The second-order valence-electron chi connectivity index (χ2n) is 5.88. The van der Waals surface area contributed by atoms with Gasteiger partial charge in [0.2, 0.25) is 5.91 Å². The van der Waals surface area contributed by atoms with Gasteiger partial charge < -0.3 is 15.7 Å². The van der Waals surface area contributed by atoms with E-state index >= 15 is 0 Å². The van der Waals surface area contributed by atoms with E-state index in [9.17, 15) is 9.90 Å². The van der Waals surface area contributed by atoms with Crippen molar-refractivity contribution < 1.29 is 9.90 Å². The lowest BCUT2D eigenvalue weighted by Gasteiger charge is -2.27. The number of nitrogens with one attached hydrogen (secondary N) is 2. The SMILES string of the molecule is CC(NCCC(=O)NC(C)(C)C)C(C)(C)O. The van der Waals surface area contributed by atoms with Gasteiger partial charge in [0, 0.05) is 24.5 Å². The molecule has 0 aliphatic carbocycles. The van der Waals surface area contributed by atoms with Crippen molar-refractivity contribution >= 4 is 5.91 Å². The molecule has 3 N–H and O–H groups in total. The Kier molecular flexibility index (Phi) is 5.42. The Hall–Kier alpha value is -0.610. The van der Waals surface area contributed by atoms with Gasteiger partial charge in [0.25, 0.3) is 0 Å². The normalized spacial score (nSPS) is 14.7. The molecule has 0 aromatic heterocycles. The van der Waals surface area contributed by atoms with E-state index in [1.165, 1.54) is 0 Å². The summed E-state index contributed by atoms with van der Waals surface area (Å²) in [5.74, 6) is 0.0305. The molecule has 0 aliphatic rings. The van der Waals surface area contributed by atoms with Crippen LogP contribution < -0.4 is 10.6 Å². The highest BCUT2D eigenvalue weighted by molar-refractivity contribution is 5.76. The van der Waals surface area contributed by atoms with E-state index in [0.29, 0.717) is 13.0 Å². The second kappa shape index (κ2) is 5.64. The van der Waals surface area contributed by atoms with Crippen LogP contribution in [0.1, 0.15) is 48.0 Å². The molecule has 0 aromatic carbocycles. The van der Waals surface area contributed by atoms with Crippen molar-refractivity contribution in [2.45, 2.75) is 65.1 Å². The molecule has 1 atom stereocenters. The minimum absolute atomic E-state index is 0.0305. The zero-order chi connectivity index (χ0) is 13.0. The average molecular weight is 230 g/mol. The molecular formula is C12H26N2O2. The topological polar surface area (TPSA) is 61.4 Å². The van der Waals surface area contributed by atoms with E-state index in [4.69, 9.17) is 0 Å². The van der Waals surface area contributed by atoms with Gasteiger partial charge in [0.15, 0.2) is 0 Å². The summed E-state index contributed by atoms with van der Waals surface area (Å²) in [6.07, 6.45) is 0.428. The molecule has 0 radical (unpaired) electrons. The molecule has 4 heteroatoms. The summed E-state index contributed by atoms with van der Waals surface area (Å²) < 4.78 is 0. The van der Waals surface area contributed by atoms with Gasteiger partial charge in [-0.1, -0.05) is 0 Å². The first-order valence-corrected chi connectivity index (χ1v) is 5.79. The fourth-order valence-electron chi connectivity index (χ4n) is 1.13. The van der Waals surface area contributed by atoms with Gasteiger partial charge in [-0.15, -0.1) is 0 Å². The number of hydrogen-bond acceptors (Lipinski definition) is 3. The number of rotatable bonds is 5. The van der Waals surface area contributed by atoms with Crippen LogP contribution in [0.15, 0.2) is 0 Å². The van der Waals surface area contributed by atoms with Gasteiger partial charge >= 0.3 is 0 Å². The maximum atomic E-state index is 11.5. The molecule has 0 fully saturated rings. The summed E-state index contributed by atoms with van der Waals surface area (Å²) in [5, 5.41) is 15.7. The fourth-order valence-corrected chi connectivity index (χ4v) is 1.13. The van der Waals surface area contributed by atoms with E-state index in [0.717, 1.165) is 0 Å². The molecule has 0 rings (SSSR count). The second-order valence-corrected chi connectivity index (χ2v) is 5.88. The van der Waals surface area contributed by atoms with Gasteiger partial charge in [0.1, 0.15) is 0 Å². The van der Waals surface area contributed by atoms with Crippen molar-refractivity contribution in [1.29, 1.82) is 0 Å². The van der Waals surface area contributed by atoms with Gasteiger partial charge in [-0.3, -0.25) is 4.79 Å². The lowest BCUT2D eigenvalue weighted by atomic mass is 10.0. The first kappa shape index (κ1) is 15.4. The molecule has 0 heterocycles. The minimum atomic E-state index is -0.763. The van der Waals surface area contributed by atoms with Crippen LogP contribution in [-0.2, 0) is 4.79 Å². The third kappa shape index (κ3) is 7.65. The molecule has 16 heavy (non-hydrogen) atoms. The van der Waals surface area contributed by atoms with Gasteiger partial charge in [-0.25, -0.2) is 0 Å². The van der Waals surface area contributed by atoms with Crippen LogP contribution in [0.2, 0.25) is 0 Å². The molecular weight excluding hydrogens is 204 g/mol. The fraction of sp³-hybridized carbons (Fsp3) is 0.917. The Balaban J connectivity index is 3.79. The molecule has 1 unspecified atom stereocenters. The van der Waals surface area contributed by atoms with E-state index in [-0.39, 0.29) is 17.5 Å². The van der Waals surface area contributed by atoms with E-state index in [1.54, 1.807) is 13.8 Å². The highest BCUT2D eigenvalue weighted by atomic mass is 16.3. The average Bonchev–Trinajstić information content (AvgIpc) is 1.98. The van der Waals surface area contributed by atoms with E-state index in [2.05, 4.69) is 10.6 Å². The maximum Gasteiger partial charge on any atom is 0.221 e. The summed E-state index contributed by atoms with van der Waals surface area (Å²) in [7, 11) is 0. The van der Waals surface area contributed by atoms with E-state index < -0.39 is 5.60 Å². The predicted octanol–water partition coefficient (Wildman–Crippen LogP) is 1.04. The highest BCUT2D eigenvalue weighted by Crippen LogP contribution is 2.07. The Labute approximate surface area is 98.8 Å². The van der Waals surface area contributed by atoms with Crippen molar-refractivity contribution in [3.8, 4) is 0 Å². The molecule has 4 nitrogen and oxygen atoms in total. The Morgan fingerprint density at radius 3 is 2.12 bits per heavy atom. The third-order valence-corrected chi connectivity index (χ3v) is 2.38. The number of aliphatic hydroxyl groups is 1. The molecule has 1 amide bonds. The van der Waals surface area contributed by atoms with Crippen molar-refractivity contribution in [3.05, 3.63) is 0 Å². The van der Waals surface area contributed by atoms with Crippen LogP contribution >= 0.6 is 0 Å². The number of amides is 1. The molecule has 0 aromatic rings.